The van der Waals surface area contributed by atoms with Crippen LogP contribution in [0, 0.1) is 5.41 Å². The Morgan fingerprint density at radius 3 is 2.33 bits per heavy atom. The first-order chi connectivity index (χ1) is 9.79. The van der Waals surface area contributed by atoms with Gasteiger partial charge in [0.05, 0.1) is 0 Å². The Hall–Kier alpha value is -1.84. The maximum absolute atomic E-state index is 12.5. The van der Waals surface area contributed by atoms with E-state index < -0.39 is 12.1 Å². The van der Waals surface area contributed by atoms with Crippen molar-refractivity contribution >= 4 is 11.8 Å². The Labute approximate surface area is 126 Å². The summed E-state index contributed by atoms with van der Waals surface area (Å²) in [5.74, 6) is -0.102. The first-order valence-corrected chi connectivity index (χ1v) is 7.45. The molecule has 1 aliphatic rings. The first kappa shape index (κ1) is 15.5. The van der Waals surface area contributed by atoms with Crippen LogP contribution in [0.15, 0.2) is 30.3 Å². The summed E-state index contributed by atoms with van der Waals surface area (Å²) in [6.45, 7) is 8.76. The van der Waals surface area contributed by atoms with Crippen LogP contribution in [0.3, 0.4) is 0 Å². The van der Waals surface area contributed by atoms with Gasteiger partial charge >= 0.3 is 0 Å². The maximum atomic E-state index is 12.5. The maximum Gasteiger partial charge on any atom is 0.248 e. The molecule has 114 valence electrons. The van der Waals surface area contributed by atoms with Crippen molar-refractivity contribution in [1.82, 2.24) is 10.2 Å². The van der Waals surface area contributed by atoms with Crippen LogP contribution < -0.4 is 5.32 Å². The fraction of sp³-hybridized carbons (Fsp3) is 0.529. The van der Waals surface area contributed by atoms with Crippen molar-refractivity contribution in [2.45, 2.75) is 46.2 Å². The van der Waals surface area contributed by atoms with Crippen LogP contribution in [0.25, 0.3) is 0 Å². The van der Waals surface area contributed by atoms with E-state index in [-0.39, 0.29) is 17.2 Å². The molecule has 2 unspecified atom stereocenters. The number of amides is 2. The summed E-state index contributed by atoms with van der Waals surface area (Å²) in [4.78, 5) is 26.6. The van der Waals surface area contributed by atoms with E-state index in [2.05, 4.69) is 26.1 Å². The second kappa shape index (κ2) is 5.88. The number of carbonyl (C=O) groups is 2. The van der Waals surface area contributed by atoms with Gasteiger partial charge in [-0.1, -0.05) is 51.1 Å². The molecular weight excluding hydrogens is 264 g/mol. The van der Waals surface area contributed by atoms with Crippen molar-refractivity contribution < 1.29 is 9.59 Å². The Morgan fingerprint density at radius 2 is 1.76 bits per heavy atom. The molecule has 1 aromatic rings. The van der Waals surface area contributed by atoms with Crippen LogP contribution >= 0.6 is 0 Å². The van der Waals surface area contributed by atoms with Gasteiger partial charge in [0.2, 0.25) is 11.8 Å². The van der Waals surface area contributed by atoms with Crippen LogP contribution in [0.2, 0.25) is 0 Å². The second-order valence-corrected chi connectivity index (χ2v) is 6.89. The molecule has 1 saturated heterocycles. The second-order valence-electron chi connectivity index (χ2n) is 6.89. The van der Waals surface area contributed by atoms with E-state index in [4.69, 9.17) is 0 Å². The Bertz CT molecular complexity index is 519. The molecule has 2 atom stereocenters. The lowest BCUT2D eigenvalue weighted by Gasteiger charge is -2.39. The summed E-state index contributed by atoms with van der Waals surface area (Å²) in [7, 11) is 0. The SMILES string of the molecule is CC1NC(=O)C(c2ccccc2)N(CCC(C)(C)C)C1=O. The number of hydrogen-bond donors (Lipinski definition) is 1. The van der Waals surface area contributed by atoms with Gasteiger partial charge in [-0.15, -0.1) is 0 Å². The van der Waals surface area contributed by atoms with Gasteiger partial charge in [-0.2, -0.15) is 0 Å². The summed E-state index contributed by atoms with van der Waals surface area (Å²) in [6.07, 6.45) is 0.863. The number of piperazine rings is 1. The molecule has 4 nitrogen and oxygen atoms in total. The predicted molar refractivity (Wildman–Crippen MR) is 82.6 cm³/mol. The number of benzene rings is 1. The lowest BCUT2D eigenvalue weighted by atomic mass is 9.90. The average Bonchev–Trinajstić information content (AvgIpc) is 2.41. The fourth-order valence-corrected chi connectivity index (χ4v) is 2.53. The molecular formula is C17H24N2O2. The highest BCUT2D eigenvalue weighted by atomic mass is 16.2. The van der Waals surface area contributed by atoms with Gasteiger partial charge in [-0.25, -0.2) is 0 Å². The highest BCUT2D eigenvalue weighted by Crippen LogP contribution is 2.28. The van der Waals surface area contributed by atoms with Crippen molar-refractivity contribution in [2.75, 3.05) is 6.54 Å². The average molecular weight is 288 g/mol. The van der Waals surface area contributed by atoms with E-state index in [1.807, 2.05) is 30.3 Å². The molecule has 0 radical (unpaired) electrons. The van der Waals surface area contributed by atoms with E-state index >= 15 is 0 Å². The number of rotatable bonds is 3. The third kappa shape index (κ3) is 3.63. The molecule has 1 aromatic carbocycles. The molecule has 1 heterocycles. The van der Waals surface area contributed by atoms with Crippen LogP contribution in [0.4, 0.5) is 0 Å². The third-order valence-electron chi connectivity index (χ3n) is 3.79. The number of nitrogens with zero attached hydrogens (tertiary/aromatic N) is 1. The molecule has 0 aromatic heterocycles. The van der Waals surface area contributed by atoms with Crippen LogP contribution in [-0.2, 0) is 9.59 Å². The van der Waals surface area contributed by atoms with Crippen molar-refractivity contribution in [3.63, 3.8) is 0 Å². The van der Waals surface area contributed by atoms with Gasteiger partial charge in [0.1, 0.15) is 12.1 Å². The van der Waals surface area contributed by atoms with Crippen LogP contribution in [0.1, 0.15) is 45.7 Å². The van der Waals surface area contributed by atoms with Crippen molar-refractivity contribution in [1.29, 1.82) is 0 Å². The monoisotopic (exact) mass is 288 g/mol. The van der Waals surface area contributed by atoms with Crippen molar-refractivity contribution in [3.8, 4) is 0 Å². The van der Waals surface area contributed by atoms with E-state index in [1.54, 1.807) is 11.8 Å². The van der Waals surface area contributed by atoms with E-state index in [1.165, 1.54) is 0 Å². The minimum absolute atomic E-state index is 0.00676. The molecule has 4 heteroatoms. The third-order valence-corrected chi connectivity index (χ3v) is 3.79. The standard InChI is InChI=1S/C17H24N2O2/c1-12-16(21)19(11-10-17(2,3)4)14(15(20)18-12)13-8-6-5-7-9-13/h5-9,12,14H,10-11H2,1-4H3,(H,18,20). The lowest BCUT2D eigenvalue weighted by molar-refractivity contribution is -0.149. The normalized spacial score (nSPS) is 23.1. The summed E-state index contributed by atoms with van der Waals surface area (Å²) in [5.41, 5.74) is 0.989. The molecule has 1 aliphatic heterocycles. The van der Waals surface area contributed by atoms with E-state index in [0.29, 0.717) is 6.54 Å². The van der Waals surface area contributed by atoms with Gasteiger partial charge in [0.25, 0.3) is 0 Å². The van der Waals surface area contributed by atoms with E-state index in [0.717, 1.165) is 12.0 Å². The summed E-state index contributed by atoms with van der Waals surface area (Å²) in [6, 6.07) is 8.54. The molecule has 21 heavy (non-hydrogen) atoms. The van der Waals surface area contributed by atoms with Gasteiger partial charge < -0.3 is 10.2 Å². The quantitative estimate of drug-likeness (QED) is 0.929. The number of carbonyl (C=O) groups excluding carboxylic acids is 2. The highest BCUT2D eigenvalue weighted by molar-refractivity contribution is 5.97. The van der Waals surface area contributed by atoms with Gasteiger partial charge in [-0.3, -0.25) is 9.59 Å². The Morgan fingerprint density at radius 1 is 1.14 bits per heavy atom. The van der Waals surface area contributed by atoms with Crippen LogP contribution in [0.5, 0.6) is 0 Å². The molecule has 0 aliphatic carbocycles. The van der Waals surface area contributed by atoms with Gasteiger partial charge in [0, 0.05) is 6.54 Å². The molecule has 1 fully saturated rings. The zero-order chi connectivity index (χ0) is 15.6. The van der Waals surface area contributed by atoms with Gasteiger partial charge in [0.15, 0.2) is 0 Å². The predicted octanol–water partition coefficient (Wildman–Crippen LogP) is 2.51. The molecule has 2 amide bonds. The largest absolute Gasteiger partial charge is 0.342 e. The fourth-order valence-electron chi connectivity index (χ4n) is 2.53. The minimum atomic E-state index is -0.516. The topological polar surface area (TPSA) is 49.4 Å². The number of hydrogen-bond acceptors (Lipinski definition) is 2. The Balaban J connectivity index is 2.29. The molecule has 1 N–H and O–H groups in total. The minimum Gasteiger partial charge on any atom is -0.342 e. The van der Waals surface area contributed by atoms with Crippen molar-refractivity contribution in [3.05, 3.63) is 35.9 Å². The van der Waals surface area contributed by atoms with E-state index in [9.17, 15) is 9.59 Å². The lowest BCUT2D eigenvalue weighted by Crippen LogP contribution is -2.58. The summed E-state index contributed by atoms with van der Waals surface area (Å²) >= 11 is 0. The molecule has 0 saturated carbocycles. The smallest absolute Gasteiger partial charge is 0.248 e. The number of nitrogens with one attached hydrogen (secondary N) is 1. The highest BCUT2D eigenvalue weighted by Gasteiger charge is 2.39. The summed E-state index contributed by atoms with van der Waals surface area (Å²) in [5, 5.41) is 2.77. The zero-order valence-electron chi connectivity index (χ0n) is 13.2. The zero-order valence-corrected chi connectivity index (χ0v) is 13.2. The molecule has 0 bridgehead atoms. The Kier molecular flexibility index (Phi) is 4.35. The molecule has 2 rings (SSSR count). The van der Waals surface area contributed by atoms with Crippen LogP contribution in [-0.4, -0.2) is 29.3 Å². The first-order valence-electron chi connectivity index (χ1n) is 7.45. The molecule has 0 spiro atoms. The summed E-state index contributed by atoms with van der Waals surface area (Å²) < 4.78 is 0. The van der Waals surface area contributed by atoms with Crippen molar-refractivity contribution in [2.24, 2.45) is 5.41 Å². The van der Waals surface area contributed by atoms with Gasteiger partial charge in [-0.05, 0) is 24.3 Å².